The van der Waals surface area contributed by atoms with E-state index < -0.39 is 6.04 Å². The molecule has 1 atom stereocenters. The summed E-state index contributed by atoms with van der Waals surface area (Å²) in [5.74, 6) is 0.430. The first-order valence-corrected chi connectivity index (χ1v) is 9.18. The average molecular weight is 366 g/mol. The predicted molar refractivity (Wildman–Crippen MR) is 106 cm³/mol. The number of para-hydroxylation sites is 1. The Morgan fingerprint density at radius 3 is 2.41 bits per heavy atom. The van der Waals surface area contributed by atoms with Crippen LogP contribution >= 0.6 is 0 Å². The predicted octanol–water partition coefficient (Wildman–Crippen LogP) is 3.59. The van der Waals surface area contributed by atoms with E-state index in [0.717, 1.165) is 17.0 Å². The molecular weight excluding hydrogens is 340 g/mol. The maximum Gasteiger partial charge on any atom is 0.254 e. The highest BCUT2D eigenvalue weighted by Gasteiger charge is 2.37. The Kier molecular flexibility index (Phi) is 5.22. The second kappa shape index (κ2) is 7.43. The second-order valence-electron chi connectivity index (χ2n) is 7.81. The molecular formula is C22H26N2O3. The van der Waals surface area contributed by atoms with Crippen LogP contribution in [-0.2, 0) is 15.0 Å². The van der Waals surface area contributed by atoms with Crippen molar-refractivity contribution in [1.29, 1.82) is 0 Å². The zero-order chi connectivity index (χ0) is 19.6. The number of carbonyl (C=O) groups is 2. The molecule has 0 unspecified atom stereocenters. The van der Waals surface area contributed by atoms with Crippen LogP contribution in [0.5, 0.6) is 5.75 Å². The van der Waals surface area contributed by atoms with Crippen molar-refractivity contribution in [2.75, 3.05) is 18.1 Å². The Hall–Kier alpha value is -2.82. The summed E-state index contributed by atoms with van der Waals surface area (Å²) in [6.07, 6.45) is 0. The molecule has 0 fully saturated rings. The number of anilines is 1. The van der Waals surface area contributed by atoms with Crippen molar-refractivity contribution in [3.8, 4) is 5.75 Å². The Morgan fingerprint density at radius 2 is 1.78 bits per heavy atom. The van der Waals surface area contributed by atoms with Crippen molar-refractivity contribution in [1.82, 2.24) is 5.32 Å². The highest BCUT2D eigenvalue weighted by Crippen LogP contribution is 2.35. The molecule has 142 valence electrons. The van der Waals surface area contributed by atoms with Crippen molar-refractivity contribution in [3.05, 3.63) is 59.7 Å². The van der Waals surface area contributed by atoms with Gasteiger partial charge in [-0.05, 0) is 29.2 Å². The van der Waals surface area contributed by atoms with Gasteiger partial charge in [-0.15, -0.1) is 0 Å². The first kappa shape index (κ1) is 19.0. The third-order valence-electron chi connectivity index (χ3n) is 4.70. The third-order valence-corrected chi connectivity index (χ3v) is 4.70. The van der Waals surface area contributed by atoms with Gasteiger partial charge in [-0.1, -0.05) is 51.1 Å². The molecule has 0 spiro atoms. The van der Waals surface area contributed by atoms with Gasteiger partial charge in [-0.3, -0.25) is 9.59 Å². The van der Waals surface area contributed by atoms with E-state index in [1.54, 1.807) is 4.90 Å². The molecule has 3 rings (SSSR count). The average Bonchev–Trinajstić information content (AvgIpc) is 2.87. The summed E-state index contributed by atoms with van der Waals surface area (Å²) < 4.78 is 5.83. The number of carbonyl (C=O) groups excluding carboxylic acids is 2. The van der Waals surface area contributed by atoms with Gasteiger partial charge in [0.05, 0.1) is 6.54 Å². The molecule has 1 aliphatic rings. The fourth-order valence-electron chi connectivity index (χ4n) is 3.26. The third kappa shape index (κ3) is 4.13. The smallest absolute Gasteiger partial charge is 0.254 e. The molecule has 0 aliphatic carbocycles. The molecule has 5 heteroatoms. The minimum atomic E-state index is -0.621. The molecule has 5 nitrogen and oxygen atoms in total. The van der Waals surface area contributed by atoms with Crippen molar-refractivity contribution >= 4 is 17.5 Å². The number of hydrogen-bond acceptors (Lipinski definition) is 3. The molecule has 0 radical (unpaired) electrons. The molecule has 0 saturated heterocycles. The van der Waals surface area contributed by atoms with Crippen LogP contribution in [0.3, 0.4) is 0 Å². The van der Waals surface area contributed by atoms with E-state index >= 15 is 0 Å². The maximum atomic E-state index is 12.8. The molecule has 0 bridgehead atoms. The fraction of sp³-hybridized carbons (Fsp3) is 0.364. The van der Waals surface area contributed by atoms with Crippen LogP contribution in [0, 0.1) is 0 Å². The molecule has 2 aromatic carbocycles. The number of amides is 2. The SMILES string of the molecule is CC(=O)N[C@H]1C(=O)N(CCOc2ccc(C(C)(C)C)cc2)c2ccccc21. The largest absolute Gasteiger partial charge is 0.492 e. The highest BCUT2D eigenvalue weighted by atomic mass is 16.5. The minimum Gasteiger partial charge on any atom is -0.492 e. The van der Waals surface area contributed by atoms with Gasteiger partial charge in [0.2, 0.25) is 5.91 Å². The van der Waals surface area contributed by atoms with E-state index in [1.807, 2.05) is 36.4 Å². The number of nitrogens with zero attached hydrogens (tertiary/aromatic N) is 1. The van der Waals surface area contributed by atoms with Crippen LogP contribution in [0.1, 0.15) is 44.9 Å². The van der Waals surface area contributed by atoms with E-state index in [4.69, 9.17) is 4.74 Å². The van der Waals surface area contributed by atoms with E-state index in [2.05, 4.69) is 38.2 Å². The molecule has 27 heavy (non-hydrogen) atoms. The molecule has 2 amide bonds. The van der Waals surface area contributed by atoms with Gasteiger partial charge in [-0.2, -0.15) is 0 Å². The molecule has 1 N–H and O–H groups in total. The van der Waals surface area contributed by atoms with Crippen LogP contribution < -0.4 is 15.0 Å². The van der Waals surface area contributed by atoms with Crippen LogP contribution in [0.15, 0.2) is 48.5 Å². The Labute approximate surface area is 160 Å². The van der Waals surface area contributed by atoms with Gasteiger partial charge in [0, 0.05) is 18.2 Å². The number of benzene rings is 2. The number of ether oxygens (including phenoxy) is 1. The monoisotopic (exact) mass is 366 g/mol. The standard InChI is InChI=1S/C22H26N2O3/c1-15(25)23-20-18-7-5-6-8-19(18)24(21(20)26)13-14-27-17-11-9-16(10-12-17)22(2,3)4/h5-12,20H,13-14H2,1-4H3,(H,23,25)/t20-/m1/s1. The highest BCUT2D eigenvalue weighted by molar-refractivity contribution is 6.06. The summed E-state index contributed by atoms with van der Waals surface area (Å²) in [7, 11) is 0. The van der Waals surface area contributed by atoms with Crippen molar-refractivity contribution in [2.24, 2.45) is 0 Å². The van der Waals surface area contributed by atoms with Crippen LogP contribution in [-0.4, -0.2) is 25.0 Å². The quantitative estimate of drug-likeness (QED) is 0.880. The summed E-state index contributed by atoms with van der Waals surface area (Å²) in [5.41, 5.74) is 3.00. The van der Waals surface area contributed by atoms with Gasteiger partial charge in [0.25, 0.3) is 5.91 Å². The minimum absolute atomic E-state index is 0.100. The topological polar surface area (TPSA) is 58.6 Å². The van der Waals surface area contributed by atoms with Gasteiger partial charge >= 0.3 is 0 Å². The number of nitrogens with one attached hydrogen (secondary N) is 1. The zero-order valence-electron chi connectivity index (χ0n) is 16.3. The molecule has 1 heterocycles. The lowest BCUT2D eigenvalue weighted by atomic mass is 9.87. The summed E-state index contributed by atoms with van der Waals surface area (Å²) >= 11 is 0. The summed E-state index contributed by atoms with van der Waals surface area (Å²) in [6, 6.07) is 15.0. The molecule has 1 aliphatic heterocycles. The number of fused-ring (bicyclic) bond motifs is 1. The van der Waals surface area contributed by atoms with E-state index in [0.29, 0.717) is 13.2 Å². The van der Waals surface area contributed by atoms with Crippen LogP contribution in [0.4, 0.5) is 5.69 Å². The van der Waals surface area contributed by atoms with E-state index in [1.165, 1.54) is 12.5 Å². The molecule has 0 saturated carbocycles. The van der Waals surface area contributed by atoms with Gasteiger partial charge in [0.1, 0.15) is 18.4 Å². The van der Waals surface area contributed by atoms with Gasteiger partial charge in [-0.25, -0.2) is 0 Å². The van der Waals surface area contributed by atoms with Gasteiger partial charge < -0.3 is 15.0 Å². The first-order chi connectivity index (χ1) is 12.8. The molecule has 2 aromatic rings. The van der Waals surface area contributed by atoms with Gasteiger partial charge in [0.15, 0.2) is 0 Å². The first-order valence-electron chi connectivity index (χ1n) is 9.18. The summed E-state index contributed by atoms with van der Waals surface area (Å²) in [6.45, 7) is 8.73. The lowest BCUT2D eigenvalue weighted by molar-refractivity contribution is -0.126. The van der Waals surface area contributed by atoms with E-state index in [9.17, 15) is 9.59 Å². The lowest BCUT2D eigenvalue weighted by Gasteiger charge is -2.20. The number of rotatable bonds is 5. The Bertz CT molecular complexity index is 837. The summed E-state index contributed by atoms with van der Waals surface area (Å²) in [5, 5.41) is 2.74. The Balaban J connectivity index is 1.66. The Morgan fingerprint density at radius 1 is 1.11 bits per heavy atom. The number of hydrogen-bond donors (Lipinski definition) is 1. The van der Waals surface area contributed by atoms with E-state index in [-0.39, 0.29) is 17.2 Å². The normalized spacial score (nSPS) is 16.2. The van der Waals surface area contributed by atoms with Crippen LogP contribution in [0.25, 0.3) is 0 Å². The lowest BCUT2D eigenvalue weighted by Crippen LogP contribution is -2.38. The summed E-state index contributed by atoms with van der Waals surface area (Å²) in [4.78, 5) is 25.9. The fourth-order valence-corrected chi connectivity index (χ4v) is 3.26. The molecule has 0 aromatic heterocycles. The second-order valence-corrected chi connectivity index (χ2v) is 7.81. The van der Waals surface area contributed by atoms with Crippen molar-refractivity contribution in [3.63, 3.8) is 0 Å². The zero-order valence-corrected chi connectivity index (χ0v) is 16.3. The van der Waals surface area contributed by atoms with Crippen molar-refractivity contribution in [2.45, 2.75) is 39.2 Å². The maximum absolute atomic E-state index is 12.8. The van der Waals surface area contributed by atoms with Crippen molar-refractivity contribution < 1.29 is 14.3 Å². The van der Waals surface area contributed by atoms with Crippen LogP contribution in [0.2, 0.25) is 0 Å².